The van der Waals surface area contributed by atoms with Gasteiger partial charge in [0.15, 0.2) is 5.78 Å². The molecule has 0 amide bonds. The van der Waals surface area contributed by atoms with Crippen molar-refractivity contribution in [1.29, 1.82) is 0 Å². The molecule has 0 radical (unpaired) electrons. The van der Waals surface area contributed by atoms with Gasteiger partial charge in [0.25, 0.3) is 0 Å². The summed E-state index contributed by atoms with van der Waals surface area (Å²) in [6.07, 6.45) is 1.14. The van der Waals surface area contributed by atoms with Gasteiger partial charge in [-0.25, -0.2) is 4.39 Å². The van der Waals surface area contributed by atoms with E-state index >= 15 is 0 Å². The van der Waals surface area contributed by atoms with E-state index in [0.717, 1.165) is 6.08 Å². The zero-order chi connectivity index (χ0) is 10.0. The molecule has 68 valence electrons. The Morgan fingerprint density at radius 3 is 2.62 bits per heavy atom. The Morgan fingerprint density at radius 2 is 2.08 bits per heavy atom. The normalized spacial score (nSPS) is 9.77. The predicted octanol–water partition coefficient (Wildman–Crippen LogP) is 3.72. The van der Waals surface area contributed by atoms with E-state index in [1.165, 1.54) is 12.1 Å². The van der Waals surface area contributed by atoms with Crippen molar-refractivity contribution in [1.82, 2.24) is 0 Å². The molecule has 0 bridgehead atoms. The number of ketones is 1. The Balaban J connectivity index is 3.41. The van der Waals surface area contributed by atoms with Crippen LogP contribution >= 0.6 is 31.9 Å². The van der Waals surface area contributed by atoms with Crippen LogP contribution in [-0.4, -0.2) is 5.78 Å². The van der Waals surface area contributed by atoms with Crippen LogP contribution in [0.4, 0.5) is 4.39 Å². The van der Waals surface area contributed by atoms with Gasteiger partial charge in [-0.3, -0.25) is 4.79 Å². The smallest absolute Gasteiger partial charge is 0.187 e. The van der Waals surface area contributed by atoms with Gasteiger partial charge in [0.05, 0.1) is 10.0 Å². The fourth-order valence-electron chi connectivity index (χ4n) is 0.855. The van der Waals surface area contributed by atoms with Crippen LogP contribution in [0.15, 0.2) is 33.7 Å². The first-order chi connectivity index (χ1) is 6.07. The van der Waals surface area contributed by atoms with Crippen LogP contribution in [0.3, 0.4) is 0 Å². The molecule has 0 saturated carbocycles. The van der Waals surface area contributed by atoms with Crippen LogP contribution in [0.1, 0.15) is 10.4 Å². The summed E-state index contributed by atoms with van der Waals surface area (Å²) >= 11 is 6.16. The van der Waals surface area contributed by atoms with E-state index in [2.05, 4.69) is 38.4 Å². The minimum Gasteiger partial charge on any atom is -0.289 e. The molecule has 1 nitrogen and oxygen atoms in total. The van der Waals surface area contributed by atoms with Crippen LogP contribution in [0.2, 0.25) is 0 Å². The lowest BCUT2D eigenvalue weighted by atomic mass is 10.1. The largest absolute Gasteiger partial charge is 0.289 e. The van der Waals surface area contributed by atoms with E-state index in [-0.39, 0.29) is 15.8 Å². The average Bonchev–Trinajstić information content (AvgIpc) is 2.12. The molecular formula is C9H5Br2FO. The molecule has 0 aliphatic heterocycles. The summed E-state index contributed by atoms with van der Waals surface area (Å²) in [6, 6.07) is 2.75. The standard InChI is InChI=1S/C9H5Br2FO/c1-2-7(13)8-5(10)3-4-6(12)9(8)11/h2-4H,1H2. The zero-order valence-corrected chi connectivity index (χ0v) is 9.65. The van der Waals surface area contributed by atoms with Crippen LogP contribution < -0.4 is 0 Å². The maximum absolute atomic E-state index is 13.0. The number of hydrogen-bond donors (Lipinski definition) is 0. The Morgan fingerprint density at radius 1 is 1.46 bits per heavy atom. The Bertz CT molecular complexity index is 374. The first-order valence-corrected chi connectivity index (χ1v) is 4.96. The molecule has 0 aromatic heterocycles. The van der Waals surface area contributed by atoms with Crippen molar-refractivity contribution >= 4 is 37.6 Å². The van der Waals surface area contributed by atoms with Gasteiger partial charge in [0, 0.05) is 4.47 Å². The third kappa shape index (κ3) is 2.06. The van der Waals surface area contributed by atoms with Crippen LogP contribution in [-0.2, 0) is 0 Å². The van der Waals surface area contributed by atoms with Gasteiger partial charge in [0.2, 0.25) is 0 Å². The molecule has 0 fully saturated rings. The van der Waals surface area contributed by atoms with E-state index < -0.39 is 5.82 Å². The van der Waals surface area contributed by atoms with E-state index in [9.17, 15) is 9.18 Å². The highest BCUT2D eigenvalue weighted by Crippen LogP contribution is 2.28. The number of benzene rings is 1. The second-order valence-corrected chi connectivity index (χ2v) is 3.93. The quantitative estimate of drug-likeness (QED) is 0.462. The molecule has 0 aliphatic carbocycles. The predicted molar refractivity (Wildman–Crippen MR) is 56.3 cm³/mol. The molecule has 1 aromatic carbocycles. The van der Waals surface area contributed by atoms with Crippen molar-refractivity contribution in [3.8, 4) is 0 Å². The van der Waals surface area contributed by atoms with Crippen molar-refractivity contribution in [3.63, 3.8) is 0 Å². The van der Waals surface area contributed by atoms with Crippen LogP contribution in [0.25, 0.3) is 0 Å². The monoisotopic (exact) mass is 306 g/mol. The van der Waals surface area contributed by atoms with E-state index in [0.29, 0.717) is 4.47 Å². The lowest BCUT2D eigenvalue weighted by Crippen LogP contribution is -1.98. The third-order valence-electron chi connectivity index (χ3n) is 1.48. The van der Waals surface area contributed by atoms with Crippen molar-refractivity contribution in [3.05, 3.63) is 45.1 Å². The minimum atomic E-state index is -0.464. The summed E-state index contributed by atoms with van der Waals surface area (Å²) in [7, 11) is 0. The van der Waals surface area contributed by atoms with Crippen molar-refractivity contribution in [2.75, 3.05) is 0 Å². The van der Waals surface area contributed by atoms with Crippen LogP contribution in [0.5, 0.6) is 0 Å². The molecule has 1 aromatic rings. The van der Waals surface area contributed by atoms with Gasteiger partial charge in [-0.15, -0.1) is 0 Å². The lowest BCUT2D eigenvalue weighted by molar-refractivity contribution is 0.104. The van der Waals surface area contributed by atoms with Crippen LogP contribution in [0, 0.1) is 5.82 Å². The number of hydrogen-bond acceptors (Lipinski definition) is 1. The molecule has 13 heavy (non-hydrogen) atoms. The highest BCUT2D eigenvalue weighted by atomic mass is 79.9. The highest BCUT2D eigenvalue weighted by molar-refractivity contribution is 9.11. The Labute approximate surface area is 91.9 Å². The minimum absolute atomic E-state index is 0.159. The summed E-state index contributed by atoms with van der Waals surface area (Å²) in [5.41, 5.74) is 0.259. The average molecular weight is 308 g/mol. The maximum atomic E-state index is 13.0. The summed E-state index contributed by atoms with van der Waals surface area (Å²) in [5.74, 6) is -0.786. The van der Waals surface area contributed by atoms with E-state index in [1.807, 2.05) is 0 Å². The second-order valence-electron chi connectivity index (χ2n) is 2.29. The molecule has 0 unspecified atom stereocenters. The SMILES string of the molecule is C=CC(=O)c1c(Br)ccc(F)c1Br. The van der Waals surface area contributed by atoms with Crippen molar-refractivity contribution in [2.45, 2.75) is 0 Å². The van der Waals surface area contributed by atoms with E-state index in [4.69, 9.17) is 0 Å². The first-order valence-electron chi connectivity index (χ1n) is 3.38. The van der Waals surface area contributed by atoms with E-state index in [1.54, 1.807) is 0 Å². The van der Waals surface area contributed by atoms with Gasteiger partial charge in [-0.1, -0.05) is 6.58 Å². The number of allylic oxidation sites excluding steroid dienone is 1. The Kier molecular flexibility index (Phi) is 3.39. The molecule has 0 atom stereocenters. The molecule has 0 heterocycles. The Hall–Kier alpha value is -0.480. The molecule has 0 N–H and O–H groups in total. The van der Waals surface area contributed by atoms with Crippen molar-refractivity contribution in [2.24, 2.45) is 0 Å². The summed E-state index contributed by atoms with van der Waals surface area (Å²) in [5, 5.41) is 0. The topological polar surface area (TPSA) is 17.1 Å². The van der Waals surface area contributed by atoms with Gasteiger partial charge < -0.3 is 0 Å². The first kappa shape index (κ1) is 10.6. The zero-order valence-electron chi connectivity index (χ0n) is 6.48. The fraction of sp³-hybridized carbons (Fsp3) is 0. The van der Waals surface area contributed by atoms with Gasteiger partial charge in [-0.05, 0) is 50.1 Å². The molecule has 0 saturated heterocycles. The van der Waals surface area contributed by atoms with Gasteiger partial charge in [0.1, 0.15) is 5.82 Å². The highest BCUT2D eigenvalue weighted by Gasteiger charge is 2.14. The fourth-order valence-corrected chi connectivity index (χ4v) is 2.19. The number of carbonyl (C=O) groups is 1. The molecule has 4 heteroatoms. The maximum Gasteiger partial charge on any atom is 0.187 e. The van der Waals surface area contributed by atoms with Gasteiger partial charge in [-0.2, -0.15) is 0 Å². The number of carbonyl (C=O) groups excluding carboxylic acids is 1. The summed E-state index contributed by atoms with van der Waals surface area (Å²) in [6.45, 7) is 3.34. The number of rotatable bonds is 2. The number of halogens is 3. The van der Waals surface area contributed by atoms with Gasteiger partial charge >= 0.3 is 0 Å². The molecule has 1 rings (SSSR count). The van der Waals surface area contributed by atoms with Crippen molar-refractivity contribution < 1.29 is 9.18 Å². The second kappa shape index (κ2) is 4.15. The summed E-state index contributed by atoms with van der Waals surface area (Å²) in [4.78, 5) is 11.3. The molecular weight excluding hydrogens is 303 g/mol. The lowest BCUT2D eigenvalue weighted by Gasteiger charge is -2.03. The molecule has 0 spiro atoms. The summed E-state index contributed by atoms with van der Waals surface area (Å²) < 4.78 is 13.7. The third-order valence-corrected chi connectivity index (χ3v) is 2.91. The molecule has 0 aliphatic rings.